The van der Waals surface area contributed by atoms with Crippen molar-refractivity contribution in [3.8, 4) is 0 Å². The summed E-state index contributed by atoms with van der Waals surface area (Å²) in [5.41, 5.74) is 0.705. The van der Waals surface area contributed by atoms with Crippen molar-refractivity contribution in [2.45, 2.75) is 5.88 Å². The molecule has 0 amide bonds. The molecular formula is C6H5ClFN. The average molecular weight is 146 g/mol. The molecule has 0 bridgehead atoms. The normalized spacial score (nSPS) is 9.56. The molecule has 1 aromatic heterocycles. The standard InChI is InChI=1S/C6H5ClFN/c7-2-5-1-6(8)4-9-3-5/h1,3-4H,2H2. The third-order valence-corrected chi connectivity index (χ3v) is 1.22. The van der Waals surface area contributed by atoms with Crippen LogP contribution in [0.2, 0.25) is 0 Å². The first-order chi connectivity index (χ1) is 4.33. The Morgan fingerprint density at radius 1 is 1.56 bits per heavy atom. The Balaban J connectivity index is 2.94. The molecule has 0 fully saturated rings. The molecule has 48 valence electrons. The molecular weight excluding hydrogens is 141 g/mol. The molecule has 0 N–H and O–H groups in total. The molecule has 1 nitrogen and oxygen atoms in total. The van der Waals surface area contributed by atoms with E-state index in [4.69, 9.17) is 11.6 Å². The zero-order valence-corrected chi connectivity index (χ0v) is 5.40. The van der Waals surface area contributed by atoms with E-state index in [9.17, 15) is 4.39 Å². The molecule has 0 aromatic carbocycles. The quantitative estimate of drug-likeness (QED) is 0.551. The van der Waals surface area contributed by atoms with Crippen molar-refractivity contribution >= 4 is 11.6 Å². The van der Waals surface area contributed by atoms with Crippen LogP contribution in [0, 0.1) is 5.82 Å². The van der Waals surface area contributed by atoms with E-state index < -0.39 is 0 Å². The molecule has 0 radical (unpaired) electrons. The number of aromatic nitrogens is 1. The van der Waals surface area contributed by atoms with Gasteiger partial charge in [0, 0.05) is 12.1 Å². The van der Waals surface area contributed by atoms with E-state index in [1.807, 2.05) is 0 Å². The summed E-state index contributed by atoms with van der Waals surface area (Å²) in [6.45, 7) is 0. The predicted octanol–water partition coefficient (Wildman–Crippen LogP) is 1.96. The van der Waals surface area contributed by atoms with Gasteiger partial charge in [-0.25, -0.2) is 4.39 Å². The second-order valence-corrected chi connectivity index (χ2v) is 1.91. The molecule has 0 aliphatic carbocycles. The second-order valence-electron chi connectivity index (χ2n) is 1.65. The Morgan fingerprint density at radius 2 is 2.33 bits per heavy atom. The average Bonchev–Trinajstić information content (AvgIpc) is 1.88. The zero-order valence-electron chi connectivity index (χ0n) is 4.64. The molecule has 0 aliphatic heterocycles. The second kappa shape index (κ2) is 2.78. The number of pyridine rings is 1. The van der Waals surface area contributed by atoms with Gasteiger partial charge in [0.25, 0.3) is 0 Å². The SMILES string of the molecule is Fc1cncc(CCl)c1. The lowest BCUT2D eigenvalue weighted by molar-refractivity contribution is 0.619. The number of hydrogen-bond donors (Lipinski definition) is 0. The highest BCUT2D eigenvalue weighted by Gasteiger charge is 1.91. The summed E-state index contributed by atoms with van der Waals surface area (Å²) in [6, 6.07) is 1.36. The first-order valence-corrected chi connectivity index (χ1v) is 3.02. The number of rotatable bonds is 1. The van der Waals surface area contributed by atoms with Crippen LogP contribution < -0.4 is 0 Å². The van der Waals surface area contributed by atoms with Crippen LogP contribution in [0.4, 0.5) is 4.39 Å². The Bertz CT molecular complexity index is 202. The molecule has 0 saturated carbocycles. The summed E-state index contributed by atoms with van der Waals surface area (Å²) in [5, 5.41) is 0. The Morgan fingerprint density at radius 3 is 2.78 bits per heavy atom. The Hall–Kier alpha value is -0.630. The minimum Gasteiger partial charge on any atom is -0.261 e. The van der Waals surface area contributed by atoms with Crippen molar-refractivity contribution in [1.29, 1.82) is 0 Å². The summed E-state index contributed by atoms with van der Waals surface area (Å²) in [5.74, 6) is -0.0294. The molecule has 9 heavy (non-hydrogen) atoms. The molecule has 1 aromatic rings. The maximum atomic E-state index is 12.2. The summed E-state index contributed by atoms with van der Waals surface area (Å²) >= 11 is 5.39. The molecule has 0 aliphatic rings. The van der Waals surface area contributed by atoms with E-state index in [1.54, 1.807) is 0 Å². The van der Waals surface area contributed by atoms with E-state index in [2.05, 4.69) is 4.98 Å². The van der Waals surface area contributed by atoms with E-state index in [1.165, 1.54) is 12.3 Å². The van der Waals surface area contributed by atoms with Crippen molar-refractivity contribution in [2.24, 2.45) is 0 Å². The summed E-state index contributed by atoms with van der Waals surface area (Å²) in [7, 11) is 0. The van der Waals surface area contributed by atoms with Gasteiger partial charge in [0.05, 0.1) is 6.20 Å². The highest BCUT2D eigenvalue weighted by atomic mass is 35.5. The first-order valence-electron chi connectivity index (χ1n) is 2.48. The van der Waals surface area contributed by atoms with Gasteiger partial charge in [-0.15, -0.1) is 11.6 Å². The number of alkyl halides is 1. The van der Waals surface area contributed by atoms with E-state index in [0.717, 1.165) is 6.20 Å². The van der Waals surface area contributed by atoms with Crippen molar-refractivity contribution in [3.63, 3.8) is 0 Å². The molecule has 0 unspecified atom stereocenters. The Labute approximate surface area is 57.5 Å². The largest absolute Gasteiger partial charge is 0.261 e. The lowest BCUT2D eigenvalue weighted by Gasteiger charge is -1.90. The first kappa shape index (κ1) is 6.49. The van der Waals surface area contributed by atoms with Gasteiger partial charge < -0.3 is 0 Å². The van der Waals surface area contributed by atoms with E-state index >= 15 is 0 Å². The van der Waals surface area contributed by atoms with Crippen LogP contribution in [0.1, 0.15) is 5.56 Å². The highest BCUT2D eigenvalue weighted by Crippen LogP contribution is 2.02. The van der Waals surface area contributed by atoms with Crippen molar-refractivity contribution in [2.75, 3.05) is 0 Å². The van der Waals surface area contributed by atoms with Gasteiger partial charge in [0.2, 0.25) is 0 Å². The molecule has 0 saturated heterocycles. The van der Waals surface area contributed by atoms with Crippen molar-refractivity contribution in [3.05, 3.63) is 29.8 Å². The lowest BCUT2D eigenvalue weighted by atomic mass is 10.3. The molecule has 0 atom stereocenters. The van der Waals surface area contributed by atoms with Crippen LogP contribution in [-0.4, -0.2) is 4.98 Å². The minimum absolute atomic E-state index is 0.310. The van der Waals surface area contributed by atoms with E-state index in [0.29, 0.717) is 11.4 Å². The Kier molecular flexibility index (Phi) is 2.01. The van der Waals surface area contributed by atoms with Crippen LogP contribution in [0.15, 0.2) is 18.5 Å². The predicted molar refractivity (Wildman–Crippen MR) is 33.8 cm³/mol. The van der Waals surface area contributed by atoms with Gasteiger partial charge >= 0.3 is 0 Å². The molecule has 1 rings (SSSR count). The molecule has 3 heteroatoms. The summed E-state index contributed by atoms with van der Waals surface area (Å²) < 4.78 is 12.2. The van der Waals surface area contributed by atoms with Crippen molar-refractivity contribution < 1.29 is 4.39 Å². The molecule has 0 spiro atoms. The van der Waals surface area contributed by atoms with Crippen LogP contribution in [-0.2, 0) is 5.88 Å². The van der Waals surface area contributed by atoms with Crippen LogP contribution in [0.25, 0.3) is 0 Å². The van der Waals surface area contributed by atoms with E-state index in [-0.39, 0.29) is 5.82 Å². The van der Waals surface area contributed by atoms with Gasteiger partial charge in [0.1, 0.15) is 5.82 Å². The van der Waals surface area contributed by atoms with Gasteiger partial charge in [-0.05, 0) is 11.6 Å². The summed E-state index contributed by atoms with van der Waals surface area (Å²) in [6.07, 6.45) is 2.69. The third-order valence-electron chi connectivity index (χ3n) is 0.916. The smallest absolute Gasteiger partial charge is 0.141 e. The van der Waals surface area contributed by atoms with Gasteiger partial charge in [0.15, 0.2) is 0 Å². The fourth-order valence-electron chi connectivity index (χ4n) is 0.529. The van der Waals surface area contributed by atoms with Crippen molar-refractivity contribution in [1.82, 2.24) is 4.98 Å². The number of nitrogens with zero attached hydrogens (tertiary/aromatic N) is 1. The number of hydrogen-bond acceptors (Lipinski definition) is 1. The van der Waals surface area contributed by atoms with Gasteiger partial charge in [-0.1, -0.05) is 0 Å². The fourth-order valence-corrected chi connectivity index (χ4v) is 0.675. The van der Waals surface area contributed by atoms with Crippen LogP contribution in [0.3, 0.4) is 0 Å². The topological polar surface area (TPSA) is 12.9 Å². The lowest BCUT2D eigenvalue weighted by Crippen LogP contribution is -1.82. The third kappa shape index (κ3) is 1.64. The fraction of sp³-hybridized carbons (Fsp3) is 0.167. The zero-order chi connectivity index (χ0) is 6.69. The molecule has 1 heterocycles. The van der Waals surface area contributed by atoms with Crippen LogP contribution in [0.5, 0.6) is 0 Å². The van der Waals surface area contributed by atoms with Crippen LogP contribution >= 0.6 is 11.6 Å². The summed E-state index contributed by atoms with van der Waals surface area (Å²) in [4.78, 5) is 3.60. The maximum Gasteiger partial charge on any atom is 0.141 e. The minimum atomic E-state index is -0.340. The van der Waals surface area contributed by atoms with Gasteiger partial charge in [-0.3, -0.25) is 4.98 Å². The van der Waals surface area contributed by atoms with Gasteiger partial charge in [-0.2, -0.15) is 0 Å². The number of halogens is 2. The highest BCUT2D eigenvalue weighted by molar-refractivity contribution is 6.17. The monoisotopic (exact) mass is 145 g/mol. The maximum absolute atomic E-state index is 12.2.